The minimum absolute atomic E-state index is 0.334. The first kappa shape index (κ1) is 10.7. The zero-order valence-electron chi connectivity index (χ0n) is 9.18. The number of hydrogen-bond acceptors (Lipinski definition) is 1. The molecule has 0 spiro atoms. The fourth-order valence-corrected chi connectivity index (χ4v) is 2.84. The highest BCUT2D eigenvalue weighted by Gasteiger charge is 2.29. The summed E-state index contributed by atoms with van der Waals surface area (Å²) in [6, 6.07) is 0. The van der Waals surface area contributed by atoms with Crippen molar-refractivity contribution in [3.8, 4) is 0 Å². The van der Waals surface area contributed by atoms with Gasteiger partial charge in [0.05, 0.1) is 0 Å². The molecule has 1 atom stereocenters. The highest BCUT2D eigenvalue weighted by atomic mass is 16.1. The van der Waals surface area contributed by atoms with E-state index in [1.54, 1.807) is 6.92 Å². The molecule has 0 bridgehead atoms. The van der Waals surface area contributed by atoms with Gasteiger partial charge in [-0.15, -0.1) is 0 Å². The molecule has 0 aromatic carbocycles. The van der Waals surface area contributed by atoms with Crippen LogP contribution in [-0.4, -0.2) is 5.78 Å². The van der Waals surface area contributed by atoms with Crippen LogP contribution in [0.5, 0.6) is 0 Å². The highest BCUT2D eigenvalue weighted by Crippen LogP contribution is 2.34. The Morgan fingerprint density at radius 3 is 2.08 bits per heavy atom. The van der Waals surface area contributed by atoms with Crippen LogP contribution in [0, 0.1) is 17.8 Å². The molecule has 0 radical (unpaired) electrons. The van der Waals surface area contributed by atoms with Gasteiger partial charge < -0.3 is 0 Å². The van der Waals surface area contributed by atoms with Crippen LogP contribution in [0.15, 0.2) is 0 Å². The van der Waals surface area contributed by atoms with Crippen molar-refractivity contribution in [1.82, 2.24) is 0 Å². The fourth-order valence-electron chi connectivity index (χ4n) is 2.84. The third-order valence-corrected chi connectivity index (χ3v) is 3.35. The van der Waals surface area contributed by atoms with Crippen molar-refractivity contribution >= 4 is 5.78 Å². The van der Waals surface area contributed by atoms with E-state index in [4.69, 9.17) is 0 Å². The first-order valence-corrected chi connectivity index (χ1v) is 5.63. The van der Waals surface area contributed by atoms with Crippen molar-refractivity contribution in [2.24, 2.45) is 17.8 Å². The van der Waals surface area contributed by atoms with Gasteiger partial charge in [-0.05, 0) is 31.6 Å². The summed E-state index contributed by atoms with van der Waals surface area (Å²) in [7, 11) is 0. The van der Waals surface area contributed by atoms with E-state index in [0.29, 0.717) is 23.5 Å². The molecule has 1 nitrogen and oxygen atoms in total. The summed E-state index contributed by atoms with van der Waals surface area (Å²) < 4.78 is 0. The smallest absolute Gasteiger partial charge is 0.133 e. The zero-order chi connectivity index (χ0) is 9.84. The molecule has 1 saturated carbocycles. The topological polar surface area (TPSA) is 17.1 Å². The molecular formula is C12H22O. The molecule has 1 aliphatic carbocycles. The lowest BCUT2D eigenvalue weighted by Crippen LogP contribution is -2.28. The number of carbonyl (C=O) groups is 1. The second-order valence-corrected chi connectivity index (χ2v) is 4.78. The quantitative estimate of drug-likeness (QED) is 0.653. The van der Waals surface area contributed by atoms with Crippen LogP contribution in [0.1, 0.15) is 52.9 Å². The van der Waals surface area contributed by atoms with E-state index >= 15 is 0 Å². The van der Waals surface area contributed by atoms with Gasteiger partial charge >= 0.3 is 0 Å². The summed E-state index contributed by atoms with van der Waals surface area (Å²) in [6.45, 7) is 6.13. The fraction of sp³-hybridized carbons (Fsp3) is 0.917. The predicted octanol–water partition coefficient (Wildman–Crippen LogP) is 3.43. The lowest BCUT2D eigenvalue weighted by molar-refractivity contribution is -0.124. The average molecular weight is 182 g/mol. The average Bonchev–Trinajstić information content (AvgIpc) is 2.04. The second kappa shape index (κ2) is 4.78. The lowest BCUT2D eigenvalue weighted by Gasteiger charge is -2.31. The summed E-state index contributed by atoms with van der Waals surface area (Å²) >= 11 is 0. The number of hydrogen-bond donors (Lipinski definition) is 0. The number of carbonyl (C=O) groups excluding carboxylic acids is 1. The van der Waals surface area contributed by atoms with Crippen molar-refractivity contribution < 1.29 is 4.79 Å². The molecule has 0 saturated heterocycles. The standard InChI is InChI=1S/C12H22O/c1-9(2)12(10(3)13)11-7-5-4-6-8-11/h9,11-12H,4-8H2,1-3H3/t12-/m0/s1. The summed E-state index contributed by atoms with van der Waals surface area (Å²) in [4.78, 5) is 11.5. The molecule has 1 fully saturated rings. The van der Waals surface area contributed by atoms with Gasteiger partial charge in [0.1, 0.15) is 5.78 Å². The van der Waals surface area contributed by atoms with Gasteiger partial charge in [-0.2, -0.15) is 0 Å². The van der Waals surface area contributed by atoms with Gasteiger partial charge in [0.2, 0.25) is 0 Å². The van der Waals surface area contributed by atoms with Gasteiger partial charge in [0.25, 0.3) is 0 Å². The maximum Gasteiger partial charge on any atom is 0.133 e. The molecule has 1 aliphatic rings. The molecule has 0 heterocycles. The molecule has 1 rings (SSSR count). The molecule has 13 heavy (non-hydrogen) atoms. The van der Waals surface area contributed by atoms with Crippen molar-refractivity contribution in [3.05, 3.63) is 0 Å². The van der Waals surface area contributed by atoms with Gasteiger partial charge in [0, 0.05) is 5.92 Å². The molecule has 76 valence electrons. The highest BCUT2D eigenvalue weighted by molar-refractivity contribution is 5.78. The molecule has 0 aliphatic heterocycles. The summed E-state index contributed by atoms with van der Waals surface area (Å²) in [5.41, 5.74) is 0. The van der Waals surface area contributed by atoms with E-state index in [0.717, 1.165) is 0 Å². The largest absolute Gasteiger partial charge is 0.300 e. The monoisotopic (exact) mass is 182 g/mol. The maximum absolute atomic E-state index is 11.5. The maximum atomic E-state index is 11.5. The Balaban J connectivity index is 2.57. The minimum atomic E-state index is 0.334. The van der Waals surface area contributed by atoms with Gasteiger partial charge in [0.15, 0.2) is 0 Å². The Bertz CT molecular complexity index is 166. The second-order valence-electron chi connectivity index (χ2n) is 4.78. The summed E-state index contributed by atoms with van der Waals surface area (Å²) in [5.74, 6) is 1.95. The van der Waals surface area contributed by atoms with Gasteiger partial charge in [-0.25, -0.2) is 0 Å². The Morgan fingerprint density at radius 1 is 1.15 bits per heavy atom. The number of ketones is 1. The van der Waals surface area contributed by atoms with E-state index < -0.39 is 0 Å². The summed E-state index contributed by atoms with van der Waals surface area (Å²) in [6.07, 6.45) is 6.60. The lowest BCUT2D eigenvalue weighted by atomic mass is 9.73. The molecule has 0 amide bonds. The minimum Gasteiger partial charge on any atom is -0.300 e. The van der Waals surface area contributed by atoms with Crippen LogP contribution in [0.2, 0.25) is 0 Å². The van der Waals surface area contributed by atoms with Gasteiger partial charge in [-0.3, -0.25) is 4.79 Å². The summed E-state index contributed by atoms with van der Waals surface area (Å²) in [5, 5.41) is 0. The Kier molecular flexibility index (Phi) is 3.95. The SMILES string of the molecule is CC(=O)[C@H](C(C)C)C1CCCCC1. The van der Waals surface area contributed by atoms with E-state index in [1.165, 1.54) is 32.1 Å². The van der Waals surface area contributed by atoms with Crippen LogP contribution >= 0.6 is 0 Å². The van der Waals surface area contributed by atoms with E-state index in [2.05, 4.69) is 13.8 Å². The van der Waals surface area contributed by atoms with Crippen LogP contribution in [-0.2, 0) is 4.79 Å². The predicted molar refractivity (Wildman–Crippen MR) is 55.6 cm³/mol. The van der Waals surface area contributed by atoms with Crippen LogP contribution in [0.25, 0.3) is 0 Å². The number of Topliss-reactive ketones (excluding diaryl/α,β-unsaturated/α-hetero) is 1. The third-order valence-electron chi connectivity index (χ3n) is 3.35. The van der Waals surface area contributed by atoms with Crippen molar-refractivity contribution in [1.29, 1.82) is 0 Å². The van der Waals surface area contributed by atoms with E-state index in [1.807, 2.05) is 0 Å². The first-order valence-electron chi connectivity index (χ1n) is 5.63. The van der Waals surface area contributed by atoms with Gasteiger partial charge in [-0.1, -0.05) is 33.1 Å². The first-order chi connectivity index (χ1) is 6.13. The molecule has 0 aromatic heterocycles. The van der Waals surface area contributed by atoms with Crippen LogP contribution in [0.3, 0.4) is 0 Å². The molecular weight excluding hydrogens is 160 g/mol. The van der Waals surface area contributed by atoms with Crippen molar-refractivity contribution in [2.75, 3.05) is 0 Å². The molecule has 1 heteroatoms. The molecule has 0 N–H and O–H groups in total. The normalized spacial score (nSPS) is 21.8. The van der Waals surface area contributed by atoms with Crippen LogP contribution in [0.4, 0.5) is 0 Å². The van der Waals surface area contributed by atoms with E-state index in [9.17, 15) is 4.79 Å². The molecule has 0 unspecified atom stereocenters. The zero-order valence-corrected chi connectivity index (χ0v) is 9.18. The molecule has 0 aromatic rings. The number of rotatable bonds is 3. The Morgan fingerprint density at radius 2 is 1.69 bits per heavy atom. The van der Waals surface area contributed by atoms with Crippen molar-refractivity contribution in [3.63, 3.8) is 0 Å². The Hall–Kier alpha value is -0.330. The van der Waals surface area contributed by atoms with Crippen LogP contribution < -0.4 is 0 Å². The van der Waals surface area contributed by atoms with Crippen molar-refractivity contribution in [2.45, 2.75) is 52.9 Å². The third kappa shape index (κ3) is 2.82. The Labute approximate surface area is 81.9 Å². The van der Waals surface area contributed by atoms with E-state index in [-0.39, 0.29) is 0 Å².